The van der Waals surface area contributed by atoms with Gasteiger partial charge in [-0.25, -0.2) is 4.99 Å². The quantitative estimate of drug-likeness (QED) is 0.479. The third kappa shape index (κ3) is 4.60. The molecule has 6 nitrogen and oxygen atoms in total. The van der Waals surface area contributed by atoms with Crippen molar-refractivity contribution >= 4 is 5.96 Å². The van der Waals surface area contributed by atoms with Gasteiger partial charge < -0.3 is 15.7 Å². The van der Waals surface area contributed by atoms with Crippen LogP contribution < -0.4 is 10.6 Å². The van der Waals surface area contributed by atoms with Crippen LogP contribution in [-0.2, 0) is 12.1 Å². The van der Waals surface area contributed by atoms with Gasteiger partial charge in [0.05, 0.1) is 18.8 Å². The number of aromatic amines is 1. The van der Waals surface area contributed by atoms with Crippen LogP contribution in [0, 0.1) is 0 Å². The number of rotatable bonds is 6. The first-order chi connectivity index (χ1) is 10.6. The zero-order chi connectivity index (χ0) is 15.8. The second kappa shape index (κ2) is 7.61. The molecular weight excluding hydrogens is 278 g/mol. The number of guanidine groups is 1. The van der Waals surface area contributed by atoms with Crippen LogP contribution in [0.25, 0.3) is 0 Å². The molecule has 0 saturated heterocycles. The van der Waals surface area contributed by atoms with E-state index in [4.69, 9.17) is 0 Å². The van der Waals surface area contributed by atoms with Gasteiger partial charge in [0.15, 0.2) is 5.96 Å². The first kappa shape index (κ1) is 16.0. The zero-order valence-electron chi connectivity index (χ0n) is 13.0. The number of nitrogens with zero attached hydrogens (tertiary/aromatic N) is 2. The first-order valence-electron chi connectivity index (χ1n) is 7.40. The summed E-state index contributed by atoms with van der Waals surface area (Å²) in [4.78, 5) is 4.46. The average Bonchev–Trinajstić information content (AvgIpc) is 3.04. The molecule has 4 N–H and O–H groups in total. The predicted octanol–water partition coefficient (Wildman–Crippen LogP) is 1.37. The summed E-state index contributed by atoms with van der Waals surface area (Å²) < 4.78 is 0. The van der Waals surface area contributed by atoms with Crippen LogP contribution in [0.3, 0.4) is 0 Å². The maximum absolute atomic E-state index is 10.6. The standard InChI is InChI=1S/C16H23N5O/c1-3-17-15(18-11-14-9-10-20-21-14)19-12-16(2,22)13-7-5-4-6-8-13/h4-10,22H,3,11-12H2,1-2H3,(H,20,21)(H2,17,18,19). The minimum Gasteiger partial charge on any atom is -0.384 e. The predicted molar refractivity (Wildman–Crippen MR) is 87.4 cm³/mol. The first-order valence-corrected chi connectivity index (χ1v) is 7.40. The lowest BCUT2D eigenvalue weighted by Gasteiger charge is -2.25. The summed E-state index contributed by atoms with van der Waals surface area (Å²) in [7, 11) is 0. The van der Waals surface area contributed by atoms with Crippen molar-refractivity contribution < 1.29 is 5.11 Å². The van der Waals surface area contributed by atoms with Gasteiger partial charge in [-0.2, -0.15) is 5.10 Å². The topological polar surface area (TPSA) is 85.3 Å². The number of H-pyrrole nitrogens is 1. The molecule has 0 fully saturated rings. The summed E-state index contributed by atoms with van der Waals surface area (Å²) in [6.45, 7) is 5.41. The van der Waals surface area contributed by atoms with Crippen molar-refractivity contribution in [3.8, 4) is 0 Å². The number of hydrogen-bond donors (Lipinski definition) is 4. The summed E-state index contributed by atoms with van der Waals surface area (Å²) in [6.07, 6.45) is 1.70. The maximum Gasteiger partial charge on any atom is 0.191 e. The van der Waals surface area contributed by atoms with Crippen molar-refractivity contribution in [2.45, 2.75) is 26.0 Å². The van der Waals surface area contributed by atoms with Crippen LogP contribution >= 0.6 is 0 Å². The zero-order valence-corrected chi connectivity index (χ0v) is 13.0. The van der Waals surface area contributed by atoms with E-state index in [1.807, 2.05) is 43.3 Å². The number of benzene rings is 1. The Bertz CT molecular complexity index is 578. The van der Waals surface area contributed by atoms with E-state index in [2.05, 4.69) is 25.8 Å². The highest BCUT2D eigenvalue weighted by Crippen LogP contribution is 2.18. The maximum atomic E-state index is 10.6. The Morgan fingerprint density at radius 1 is 1.27 bits per heavy atom. The summed E-state index contributed by atoms with van der Waals surface area (Å²) in [5.41, 5.74) is 0.838. The fourth-order valence-corrected chi connectivity index (χ4v) is 2.03. The summed E-state index contributed by atoms with van der Waals surface area (Å²) in [5, 5.41) is 23.7. The van der Waals surface area contributed by atoms with E-state index in [9.17, 15) is 5.11 Å². The molecule has 0 amide bonds. The molecule has 0 aliphatic heterocycles. The van der Waals surface area contributed by atoms with Gasteiger partial charge in [-0.3, -0.25) is 5.10 Å². The van der Waals surface area contributed by atoms with Crippen molar-refractivity contribution in [2.75, 3.05) is 13.1 Å². The Morgan fingerprint density at radius 3 is 2.68 bits per heavy atom. The fraction of sp³-hybridized carbons (Fsp3) is 0.375. The largest absolute Gasteiger partial charge is 0.384 e. The van der Waals surface area contributed by atoms with Gasteiger partial charge in [0.1, 0.15) is 5.60 Å². The highest BCUT2D eigenvalue weighted by molar-refractivity contribution is 5.79. The summed E-state index contributed by atoms with van der Waals surface area (Å²) in [6, 6.07) is 11.5. The van der Waals surface area contributed by atoms with Gasteiger partial charge in [0.2, 0.25) is 0 Å². The van der Waals surface area contributed by atoms with E-state index in [1.54, 1.807) is 13.1 Å². The van der Waals surface area contributed by atoms with Crippen LogP contribution in [0.4, 0.5) is 0 Å². The van der Waals surface area contributed by atoms with E-state index >= 15 is 0 Å². The number of hydrogen-bond acceptors (Lipinski definition) is 3. The molecule has 1 aromatic heterocycles. The van der Waals surface area contributed by atoms with E-state index in [0.29, 0.717) is 19.0 Å². The molecule has 1 atom stereocenters. The van der Waals surface area contributed by atoms with Crippen molar-refractivity contribution in [3.63, 3.8) is 0 Å². The van der Waals surface area contributed by atoms with E-state index < -0.39 is 5.60 Å². The molecule has 22 heavy (non-hydrogen) atoms. The molecule has 0 aliphatic rings. The normalized spacial score (nSPS) is 14.4. The molecule has 2 rings (SSSR count). The minimum atomic E-state index is -0.967. The third-order valence-electron chi connectivity index (χ3n) is 3.31. The monoisotopic (exact) mass is 301 g/mol. The highest BCUT2D eigenvalue weighted by Gasteiger charge is 2.22. The highest BCUT2D eigenvalue weighted by atomic mass is 16.3. The second-order valence-corrected chi connectivity index (χ2v) is 5.27. The lowest BCUT2D eigenvalue weighted by atomic mass is 9.96. The number of aliphatic imine (C=N–C) groups is 1. The lowest BCUT2D eigenvalue weighted by Crippen LogP contribution is -2.44. The average molecular weight is 301 g/mol. The van der Waals surface area contributed by atoms with E-state index in [0.717, 1.165) is 17.8 Å². The van der Waals surface area contributed by atoms with Gasteiger partial charge in [-0.1, -0.05) is 30.3 Å². The molecule has 0 bridgehead atoms. The minimum absolute atomic E-state index is 0.367. The van der Waals surface area contributed by atoms with Crippen LogP contribution in [0.15, 0.2) is 47.6 Å². The number of aliphatic hydroxyl groups is 1. The summed E-state index contributed by atoms with van der Waals surface area (Å²) in [5.74, 6) is 0.660. The van der Waals surface area contributed by atoms with Gasteiger partial charge in [-0.05, 0) is 25.5 Å². The lowest BCUT2D eigenvalue weighted by molar-refractivity contribution is 0.0617. The Hall–Kier alpha value is -2.34. The van der Waals surface area contributed by atoms with Crippen molar-refractivity contribution in [2.24, 2.45) is 4.99 Å². The molecule has 0 saturated carbocycles. The number of nitrogens with one attached hydrogen (secondary N) is 3. The van der Waals surface area contributed by atoms with E-state index in [1.165, 1.54) is 0 Å². The van der Waals surface area contributed by atoms with Crippen LogP contribution in [0.2, 0.25) is 0 Å². The van der Waals surface area contributed by atoms with Crippen molar-refractivity contribution in [1.82, 2.24) is 20.8 Å². The molecule has 2 aromatic rings. The molecule has 1 unspecified atom stereocenters. The fourth-order valence-electron chi connectivity index (χ4n) is 2.03. The Morgan fingerprint density at radius 2 is 2.05 bits per heavy atom. The van der Waals surface area contributed by atoms with Gasteiger partial charge in [-0.15, -0.1) is 0 Å². The molecule has 118 valence electrons. The summed E-state index contributed by atoms with van der Waals surface area (Å²) >= 11 is 0. The molecule has 1 heterocycles. The van der Waals surface area contributed by atoms with Gasteiger partial charge in [0, 0.05) is 12.7 Å². The van der Waals surface area contributed by atoms with E-state index in [-0.39, 0.29) is 0 Å². The molecular formula is C16H23N5O. The Labute approximate surface area is 130 Å². The molecule has 0 spiro atoms. The number of aromatic nitrogens is 2. The Kier molecular flexibility index (Phi) is 5.55. The van der Waals surface area contributed by atoms with Gasteiger partial charge in [0.25, 0.3) is 0 Å². The van der Waals surface area contributed by atoms with Crippen LogP contribution in [0.1, 0.15) is 25.1 Å². The molecule has 6 heteroatoms. The molecule has 1 aromatic carbocycles. The third-order valence-corrected chi connectivity index (χ3v) is 3.31. The van der Waals surface area contributed by atoms with Crippen LogP contribution in [-0.4, -0.2) is 34.4 Å². The Balaban J connectivity index is 1.97. The van der Waals surface area contributed by atoms with Crippen molar-refractivity contribution in [1.29, 1.82) is 0 Å². The molecule has 0 radical (unpaired) electrons. The van der Waals surface area contributed by atoms with Crippen LogP contribution in [0.5, 0.6) is 0 Å². The second-order valence-electron chi connectivity index (χ2n) is 5.27. The SMILES string of the molecule is CCNC(=NCc1ccn[nH]1)NCC(C)(O)c1ccccc1. The smallest absolute Gasteiger partial charge is 0.191 e. The van der Waals surface area contributed by atoms with Crippen molar-refractivity contribution in [3.05, 3.63) is 53.9 Å². The molecule has 0 aliphatic carbocycles. The van der Waals surface area contributed by atoms with Gasteiger partial charge >= 0.3 is 0 Å².